The fraction of sp³-hybridized carbons (Fsp3) is 0.692. The Kier molecular flexibility index (Phi) is 4.37. The fourth-order valence-electron chi connectivity index (χ4n) is 2.70. The van der Waals surface area contributed by atoms with Crippen LogP contribution in [-0.4, -0.2) is 38.6 Å². The number of hydrogen-bond acceptors (Lipinski definition) is 3. The number of hydrogen-bond donors (Lipinski definition) is 1. The second kappa shape index (κ2) is 5.87. The van der Waals surface area contributed by atoms with Gasteiger partial charge in [0.1, 0.15) is 5.82 Å². The Hall–Kier alpha value is -1.50. The molecule has 0 aromatic carbocycles. The summed E-state index contributed by atoms with van der Waals surface area (Å²) in [5, 5.41) is 9.31. The Labute approximate surface area is 116 Å². The van der Waals surface area contributed by atoms with E-state index in [2.05, 4.69) is 4.98 Å². The molecule has 20 heavy (non-hydrogen) atoms. The molecule has 112 valence electrons. The number of rotatable bonds is 5. The number of likely N-dealkylation sites (tertiary alicyclic amines) is 1. The Morgan fingerprint density at radius 3 is 2.65 bits per heavy atom. The SMILES string of the molecule is CCC1(C(=O)O)CCN(Cc2nccn2C(F)F)CC1. The number of imidazole rings is 1. The van der Waals surface area contributed by atoms with Gasteiger partial charge in [0.25, 0.3) is 0 Å². The van der Waals surface area contributed by atoms with Crippen LogP contribution in [0.25, 0.3) is 0 Å². The highest BCUT2D eigenvalue weighted by Gasteiger charge is 2.39. The maximum Gasteiger partial charge on any atom is 0.319 e. The summed E-state index contributed by atoms with van der Waals surface area (Å²) in [4.78, 5) is 17.3. The second-order valence-electron chi connectivity index (χ2n) is 5.24. The first-order valence-electron chi connectivity index (χ1n) is 6.74. The molecule has 1 aliphatic rings. The molecule has 7 heteroatoms. The van der Waals surface area contributed by atoms with Crippen LogP contribution < -0.4 is 0 Å². The molecule has 0 saturated carbocycles. The summed E-state index contributed by atoms with van der Waals surface area (Å²) in [5.74, 6) is -0.437. The van der Waals surface area contributed by atoms with E-state index in [-0.39, 0.29) is 0 Å². The van der Waals surface area contributed by atoms with Gasteiger partial charge >= 0.3 is 12.5 Å². The lowest BCUT2D eigenvalue weighted by molar-refractivity contribution is -0.152. The summed E-state index contributed by atoms with van der Waals surface area (Å²) < 4.78 is 26.3. The van der Waals surface area contributed by atoms with Crippen LogP contribution in [0.3, 0.4) is 0 Å². The summed E-state index contributed by atoms with van der Waals surface area (Å²) in [7, 11) is 0. The summed E-state index contributed by atoms with van der Waals surface area (Å²) in [6, 6.07) is 0. The van der Waals surface area contributed by atoms with Crippen LogP contribution in [0, 0.1) is 5.41 Å². The van der Waals surface area contributed by atoms with Crippen molar-refractivity contribution in [1.82, 2.24) is 14.5 Å². The van der Waals surface area contributed by atoms with Gasteiger partial charge < -0.3 is 5.11 Å². The van der Waals surface area contributed by atoms with E-state index in [1.165, 1.54) is 12.4 Å². The first-order valence-corrected chi connectivity index (χ1v) is 6.74. The highest BCUT2D eigenvalue weighted by atomic mass is 19.3. The lowest BCUT2D eigenvalue weighted by Gasteiger charge is -2.38. The number of piperidine rings is 1. The number of aliphatic carboxylic acids is 1. The predicted molar refractivity (Wildman–Crippen MR) is 68.4 cm³/mol. The number of carboxylic acid groups (broad SMARTS) is 1. The first-order chi connectivity index (χ1) is 9.48. The molecule has 1 aromatic rings. The number of alkyl halides is 2. The number of carboxylic acids is 1. The minimum absolute atomic E-state index is 0.319. The monoisotopic (exact) mass is 287 g/mol. The Morgan fingerprint density at radius 2 is 2.15 bits per heavy atom. The molecular weight excluding hydrogens is 268 g/mol. The van der Waals surface area contributed by atoms with Crippen molar-refractivity contribution in [2.24, 2.45) is 5.41 Å². The van der Waals surface area contributed by atoms with Gasteiger partial charge in [0.2, 0.25) is 0 Å². The number of halogens is 2. The quantitative estimate of drug-likeness (QED) is 0.903. The topological polar surface area (TPSA) is 58.4 Å². The lowest BCUT2D eigenvalue weighted by atomic mass is 9.76. The van der Waals surface area contributed by atoms with Gasteiger partial charge in [0.15, 0.2) is 0 Å². The molecule has 1 aliphatic heterocycles. The standard InChI is InChI=1S/C13H19F2N3O2/c1-2-13(11(19)20)3-6-17(7-4-13)9-10-16-5-8-18(10)12(14)15/h5,8,12H,2-4,6-7,9H2,1H3,(H,19,20). The highest BCUT2D eigenvalue weighted by Crippen LogP contribution is 2.35. The van der Waals surface area contributed by atoms with Crippen LogP contribution in [0.4, 0.5) is 8.78 Å². The van der Waals surface area contributed by atoms with Gasteiger partial charge in [-0.05, 0) is 32.4 Å². The van der Waals surface area contributed by atoms with Crippen LogP contribution in [0.1, 0.15) is 38.6 Å². The number of aromatic nitrogens is 2. The van der Waals surface area contributed by atoms with E-state index in [9.17, 15) is 18.7 Å². The molecule has 1 aromatic heterocycles. The van der Waals surface area contributed by atoms with E-state index in [1.807, 2.05) is 11.8 Å². The molecule has 1 N–H and O–H groups in total. The van der Waals surface area contributed by atoms with Gasteiger partial charge in [0.05, 0.1) is 12.0 Å². The Morgan fingerprint density at radius 1 is 1.50 bits per heavy atom. The van der Waals surface area contributed by atoms with E-state index in [0.29, 0.717) is 44.7 Å². The molecule has 0 unspecified atom stereocenters. The van der Waals surface area contributed by atoms with Gasteiger partial charge in [-0.2, -0.15) is 8.78 Å². The van der Waals surface area contributed by atoms with Gasteiger partial charge in [-0.15, -0.1) is 0 Å². The smallest absolute Gasteiger partial charge is 0.319 e. The van der Waals surface area contributed by atoms with Crippen molar-refractivity contribution in [2.45, 2.75) is 39.3 Å². The third kappa shape index (κ3) is 2.82. The lowest BCUT2D eigenvalue weighted by Crippen LogP contribution is -2.44. The molecule has 2 rings (SSSR count). The van der Waals surface area contributed by atoms with Crippen molar-refractivity contribution in [3.8, 4) is 0 Å². The van der Waals surface area contributed by atoms with Crippen molar-refractivity contribution < 1.29 is 18.7 Å². The normalized spacial score (nSPS) is 19.4. The third-order valence-electron chi connectivity index (χ3n) is 4.27. The molecule has 0 amide bonds. The average molecular weight is 287 g/mol. The van der Waals surface area contributed by atoms with Crippen molar-refractivity contribution >= 4 is 5.97 Å². The van der Waals surface area contributed by atoms with Crippen molar-refractivity contribution in [3.05, 3.63) is 18.2 Å². The Bertz CT molecular complexity index is 468. The molecule has 0 aliphatic carbocycles. The summed E-state index contributed by atoms with van der Waals surface area (Å²) in [6.45, 7) is 0.808. The molecule has 2 heterocycles. The van der Waals surface area contributed by atoms with E-state index < -0.39 is 17.9 Å². The van der Waals surface area contributed by atoms with E-state index in [1.54, 1.807) is 0 Å². The zero-order valence-corrected chi connectivity index (χ0v) is 11.4. The van der Waals surface area contributed by atoms with Gasteiger partial charge in [-0.3, -0.25) is 14.3 Å². The predicted octanol–water partition coefficient (Wildman–Crippen LogP) is 2.36. The Balaban J connectivity index is 1.98. The van der Waals surface area contributed by atoms with E-state index in [4.69, 9.17) is 0 Å². The maximum absolute atomic E-state index is 12.7. The van der Waals surface area contributed by atoms with Crippen LogP contribution in [0.15, 0.2) is 12.4 Å². The molecule has 1 fully saturated rings. The molecule has 0 bridgehead atoms. The fourth-order valence-corrected chi connectivity index (χ4v) is 2.70. The minimum atomic E-state index is -2.59. The van der Waals surface area contributed by atoms with Crippen LogP contribution in [0.2, 0.25) is 0 Å². The van der Waals surface area contributed by atoms with E-state index in [0.717, 1.165) is 4.57 Å². The van der Waals surface area contributed by atoms with E-state index >= 15 is 0 Å². The zero-order chi connectivity index (χ0) is 14.8. The highest BCUT2D eigenvalue weighted by molar-refractivity contribution is 5.74. The zero-order valence-electron chi connectivity index (χ0n) is 11.4. The molecular formula is C13H19F2N3O2. The van der Waals surface area contributed by atoms with Gasteiger partial charge in [0, 0.05) is 12.4 Å². The largest absolute Gasteiger partial charge is 0.481 e. The van der Waals surface area contributed by atoms with Crippen LogP contribution in [-0.2, 0) is 11.3 Å². The number of carbonyl (C=O) groups is 1. The first kappa shape index (κ1) is 14.9. The van der Waals surface area contributed by atoms with Gasteiger partial charge in [-0.1, -0.05) is 6.92 Å². The number of nitrogens with zero attached hydrogens (tertiary/aromatic N) is 3. The van der Waals surface area contributed by atoms with Crippen molar-refractivity contribution in [1.29, 1.82) is 0 Å². The molecule has 5 nitrogen and oxygen atoms in total. The maximum atomic E-state index is 12.7. The summed E-state index contributed by atoms with van der Waals surface area (Å²) >= 11 is 0. The summed E-state index contributed by atoms with van der Waals surface area (Å²) in [6.07, 6.45) is 4.32. The summed E-state index contributed by atoms with van der Waals surface area (Å²) in [5.41, 5.74) is -0.658. The second-order valence-corrected chi connectivity index (χ2v) is 5.24. The molecule has 0 radical (unpaired) electrons. The third-order valence-corrected chi connectivity index (χ3v) is 4.27. The average Bonchev–Trinajstić information content (AvgIpc) is 2.88. The van der Waals surface area contributed by atoms with Crippen LogP contribution >= 0.6 is 0 Å². The van der Waals surface area contributed by atoms with Crippen LogP contribution in [0.5, 0.6) is 0 Å². The minimum Gasteiger partial charge on any atom is -0.481 e. The molecule has 0 atom stereocenters. The van der Waals surface area contributed by atoms with Crippen molar-refractivity contribution in [3.63, 3.8) is 0 Å². The molecule has 1 saturated heterocycles. The van der Waals surface area contributed by atoms with Crippen molar-refractivity contribution in [2.75, 3.05) is 13.1 Å². The molecule has 0 spiro atoms. The van der Waals surface area contributed by atoms with Gasteiger partial charge in [-0.25, -0.2) is 4.98 Å².